The van der Waals surface area contributed by atoms with Crippen LogP contribution < -0.4 is 11.1 Å². The van der Waals surface area contributed by atoms with Gasteiger partial charge in [-0.3, -0.25) is 9.48 Å². The molecule has 3 heterocycles. The smallest absolute Gasteiger partial charge is 0.269 e. The van der Waals surface area contributed by atoms with Gasteiger partial charge in [-0.2, -0.15) is 10.2 Å². The van der Waals surface area contributed by atoms with E-state index in [0.29, 0.717) is 18.2 Å². The predicted octanol–water partition coefficient (Wildman–Crippen LogP) is 2.09. The van der Waals surface area contributed by atoms with Crippen LogP contribution in [0.3, 0.4) is 0 Å². The van der Waals surface area contributed by atoms with Crippen LogP contribution in [0, 0.1) is 5.92 Å². The molecule has 8 nitrogen and oxygen atoms in total. The van der Waals surface area contributed by atoms with Crippen molar-refractivity contribution in [2.75, 3.05) is 0 Å². The van der Waals surface area contributed by atoms with Crippen LogP contribution in [-0.4, -0.2) is 30.3 Å². The van der Waals surface area contributed by atoms with E-state index in [1.807, 2.05) is 19.9 Å². The third kappa shape index (κ3) is 3.60. The Balaban J connectivity index is 1.73. The number of nitrogens with one attached hydrogen (secondary N) is 1. The summed E-state index contributed by atoms with van der Waals surface area (Å²) in [6.45, 7) is 8.43. The maximum Gasteiger partial charge on any atom is 0.269 e. The average molecular weight is 355 g/mol. The molecule has 8 heteroatoms. The summed E-state index contributed by atoms with van der Waals surface area (Å²) in [5.74, 6) is 0.141. The molecule has 0 saturated carbocycles. The Morgan fingerprint density at radius 1 is 1.27 bits per heavy atom. The molecule has 3 aromatic heterocycles. The minimum atomic E-state index is -0.177. The van der Waals surface area contributed by atoms with E-state index in [2.05, 4.69) is 34.3 Å². The van der Waals surface area contributed by atoms with Crippen LogP contribution in [0.2, 0.25) is 0 Å². The highest BCUT2D eigenvalue weighted by molar-refractivity contribution is 5.92. The lowest BCUT2D eigenvalue weighted by Gasteiger charge is -2.15. The van der Waals surface area contributed by atoms with Crippen molar-refractivity contribution < 1.29 is 4.79 Å². The SMILES string of the molecule is CC(C)C(N)c1cnn2cc(CNC(=O)c3ccnn3C(C)C)nc2c1. The third-order valence-corrected chi connectivity index (χ3v) is 4.32. The second kappa shape index (κ2) is 7.25. The molecule has 0 aliphatic heterocycles. The minimum absolute atomic E-state index is 0.0799. The Labute approximate surface area is 152 Å². The van der Waals surface area contributed by atoms with Gasteiger partial charge >= 0.3 is 0 Å². The first-order valence-corrected chi connectivity index (χ1v) is 8.78. The van der Waals surface area contributed by atoms with E-state index in [0.717, 1.165) is 16.9 Å². The normalized spacial score (nSPS) is 12.9. The monoisotopic (exact) mass is 355 g/mol. The quantitative estimate of drug-likeness (QED) is 0.705. The Bertz CT molecular complexity index is 909. The summed E-state index contributed by atoms with van der Waals surface area (Å²) >= 11 is 0. The van der Waals surface area contributed by atoms with Gasteiger partial charge in [-0.25, -0.2) is 9.50 Å². The van der Waals surface area contributed by atoms with E-state index in [4.69, 9.17) is 5.73 Å². The van der Waals surface area contributed by atoms with Crippen molar-refractivity contribution in [2.24, 2.45) is 11.7 Å². The van der Waals surface area contributed by atoms with Crippen molar-refractivity contribution in [1.82, 2.24) is 29.7 Å². The third-order valence-electron chi connectivity index (χ3n) is 4.32. The topological polar surface area (TPSA) is 103 Å². The largest absolute Gasteiger partial charge is 0.345 e. The van der Waals surface area contributed by atoms with Crippen LogP contribution in [0.5, 0.6) is 0 Å². The fourth-order valence-electron chi connectivity index (χ4n) is 2.76. The molecule has 3 N–H and O–H groups in total. The number of imidazole rings is 1. The molecule has 0 fully saturated rings. The summed E-state index contributed by atoms with van der Waals surface area (Å²) in [6.07, 6.45) is 5.20. The highest BCUT2D eigenvalue weighted by atomic mass is 16.2. The standard InChI is InChI=1S/C18H25N7O/c1-11(2)17(19)13-7-16-23-14(10-24(16)22-8-13)9-20-18(26)15-5-6-21-25(15)12(3)4/h5-8,10-12,17H,9,19H2,1-4H3,(H,20,26). The van der Waals surface area contributed by atoms with Crippen LogP contribution in [0.25, 0.3) is 5.65 Å². The number of nitrogens with zero attached hydrogens (tertiary/aromatic N) is 5. The predicted molar refractivity (Wildman–Crippen MR) is 98.5 cm³/mol. The molecule has 3 rings (SSSR count). The number of hydrogen-bond acceptors (Lipinski definition) is 5. The molecule has 1 amide bonds. The van der Waals surface area contributed by atoms with Crippen LogP contribution >= 0.6 is 0 Å². The summed E-state index contributed by atoms with van der Waals surface area (Å²) in [5, 5.41) is 11.4. The number of aromatic nitrogens is 5. The molecule has 1 unspecified atom stereocenters. The number of carbonyl (C=O) groups excluding carboxylic acids is 1. The van der Waals surface area contributed by atoms with Crippen molar-refractivity contribution in [3.05, 3.63) is 47.7 Å². The second-order valence-corrected chi connectivity index (χ2v) is 7.03. The minimum Gasteiger partial charge on any atom is -0.345 e. The molecule has 0 spiro atoms. The molecule has 0 aromatic carbocycles. The zero-order valence-corrected chi connectivity index (χ0v) is 15.5. The van der Waals surface area contributed by atoms with Gasteiger partial charge in [-0.15, -0.1) is 0 Å². The zero-order chi connectivity index (χ0) is 18.8. The van der Waals surface area contributed by atoms with Crippen LogP contribution in [0.15, 0.2) is 30.7 Å². The number of amides is 1. The van der Waals surface area contributed by atoms with Gasteiger partial charge in [0.2, 0.25) is 0 Å². The summed E-state index contributed by atoms with van der Waals surface area (Å²) in [6, 6.07) is 3.69. The Hall–Kier alpha value is -2.74. The molecule has 0 bridgehead atoms. The van der Waals surface area contributed by atoms with E-state index in [1.54, 1.807) is 33.9 Å². The van der Waals surface area contributed by atoms with E-state index >= 15 is 0 Å². The van der Waals surface area contributed by atoms with Crippen molar-refractivity contribution in [2.45, 2.75) is 46.3 Å². The molecule has 0 aliphatic carbocycles. The van der Waals surface area contributed by atoms with Gasteiger partial charge in [0, 0.05) is 18.3 Å². The number of hydrogen-bond donors (Lipinski definition) is 2. The van der Waals surface area contributed by atoms with Crippen LogP contribution in [0.4, 0.5) is 0 Å². The van der Waals surface area contributed by atoms with Gasteiger partial charge in [-0.1, -0.05) is 13.8 Å². The molecule has 3 aromatic rings. The van der Waals surface area contributed by atoms with Crippen LogP contribution in [0.1, 0.15) is 61.5 Å². The van der Waals surface area contributed by atoms with Crippen molar-refractivity contribution in [3.8, 4) is 0 Å². The summed E-state index contributed by atoms with van der Waals surface area (Å²) in [5.41, 5.74) is 9.12. The Morgan fingerprint density at radius 2 is 2.04 bits per heavy atom. The molecule has 138 valence electrons. The zero-order valence-electron chi connectivity index (χ0n) is 15.5. The fraction of sp³-hybridized carbons (Fsp3) is 0.444. The van der Waals surface area contributed by atoms with E-state index in [-0.39, 0.29) is 18.0 Å². The van der Waals surface area contributed by atoms with Crippen molar-refractivity contribution in [3.63, 3.8) is 0 Å². The van der Waals surface area contributed by atoms with E-state index < -0.39 is 0 Å². The van der Waals surface area contributed by atoms with Gasteiger partial charge in [0.05, 0.1) is 24.6 Å². The molecular weight excluding hydrogens is 330 g/mol. The lowest BCUT2D eigenvalue weighted by molar-refractivity contribution is 0.0937. The average Bonchev–Trinajstić information content (AvgIpc) is 3.24. The van der Waals surface area contributed by atoms with E-state index in [9.17, 15) is 4.79 Å². The molecular formula is C18H25N7O. The van der Waals surface area contributed by atoms with Crippen LogP contribution in [-0.2, 0) is 6.54 Å². The molecule has 0 aliphatic rings. The van der Waals surface area contributed by atoms with Gasteiger partial charge in [-0.05, 0) is 37.5 Å². The van der Waals surface area contributed by atoms with Gasteiger partial charge in [0.1, 0.15) is 5.69 Å². The number of rotatable bonds is 6. The van der Waals surface area contributed by atoms with E-state index in [1.165, 1.54) is 0 Å². The van der Waals surface area contributed by atoms with Gasteiger partial charge in [0.15, 0.2) is 5.65 Å². The first kappa shape index (κ1) is 18.1. The van der Waals surface area contributed by atoms with Crippen molar-refractivity contribution >= 4 is 11.6 Å². The van der Waals surface area contributed by atoms with Crippen molar-refractivity contribution in [1.29, 1.82) is 0 Å². The number of fused-ring (bicyclic) bond motifs is 1. The summed E-state index contributed by atoms with van der Waals surface area (Å²) in [4.78, 5) is 16.9. The molecule has 0 radical (unpaired) electrons. The maximum absolute atomic E-state index is 12.4. The highest BCUT2D eigenvalue weighted by Gasteiger charge is 2.15. The lowest BCUT2D eigenvalue weighted by Crippen LogP contribution is -2.26. The fourth-order valence-corrected chi connectivity index (χ4v) is 2.76. The maximum atomic E-state index is 12.4. The Kier molecular flexibility index (Phi) is 5.03. The number of carbonyl (C=O) groups is 1. The lowest BCUT2D eigenvalue weighted by atomic mass is 9.99. The summed E-state index contributed by atoms with van der Waals surface area (Å²) < 4.78 is 3.39. The molecule has 1 atom stereocenters. The molecule has 26 heavy (non-hydrogen) atoms. The highest BCUT2D eigenvalue weighted by Crippen LogP contribution is 2.19. The first-order chi connectivity index (χ1) is 12.4. The molecule has 0 saturated heterocycles. The summed E-state index contributed by atoms with van der Waals surface area (Å²) in [7, 11) is 0. The first-order valence-electron chi connectivity index (χ1n) is 8.78. The van der Waals surface area contributed by atoms with Gasteiger partial charge in [0.25, 0.3) is 5.91 Å². The van der Waals surface area contributed by atoms with Gasteiger partial charge < -0.3 is 11.1 Å². The number of nitrogens with two attached hydrogens (primary N) is 1. The Morgan fingerprint density at radius 3 is 2.73 bits per heavy atom. The second-order valence-electron chi connectivity index (χ2n) is 7.03.